The van der Waals surface area contributed by atoms with Gasteiger partial charge in [0.15, 0.2) is 0 Å². The topological polar surface area (TPSA) is 54.0 Å². The van der Waals surface area contributed by atoms with Crippen LogP contribution in [0, 0.1) is 12.7 Å². The molecule has 1 atom stereocenters. The number of aromatic nitrogens is 1. The lowest BCUT2D eigenvalue weighted by Crippen LogP contribution is -2.48. The van der Waals surface area contributed by atoms with Gasteiger partial charge in [0.25, 0.3) is 0 Å². The number of urea groups is 1. The van der Waals surface area contributed by atoms with Gasteiger partial charge in [0, 0.05) is 22.2 Å². The van der Waals surface area contributed by atoms with Gasteiger partial charge in [-0.25, -0.2) is 14.2 Å². The number of carbonyl (C=O) groups is 1. The van der Waals surface area contributed by atoms with Gasteiger partial charge < -0.3 is 10.6 Å². The number of aryl methyl sites for hydroxylation is 1. The van der Waals surface area contributed by atoms with Crippen molar-refractivity contribution in [2.45, 2.75) is 26.3 Å². The number of nitrogens with one attached hydrogen (secondary N) is 2. The third-order valence-electron chi connectivity index (χ3n) is 4.79. The molecule has 0 aliphatic carbocycles. The van der Waals surface area contributed by atoms with Gasteiger partial charge in [-0.2, -0.15) is 0 Å². The molecule has 28 heavy (non-hydrogen) atoms. The number of benzene rings is 2. The van der Waals surface area contributed by atoms with Crippen molar-refractivity contribution in [2.24, 2.45) is 0 Å². The first-order chi connectivity index (χ1) is 13.5. The molecule has 4 rings (SSSR count). The number of thiazole rings is 1. The van der Waals surface area contributed by atoms with Crippen LogP contribution in [0.5, 0.6) is 0 Å². The quantitative estimate of drug-likeness (QED) is 0.662. The molecule has 1 aromatic heterocycles. The first kappa shape index (κ1) is 18.4. The lowest BCUT2D eigenvalue weighted by Gasteiger charge is -2.28. The van der Waals surface area contributed by atoms with Gasteiger partial charge in [-0.1, -0.05) is 29.8 Å². The van der Waals surface area contributed by atoms with E-state index in [4.69, 9.17) is 4.98 Å². The Morgan fingerprint density at radius 2 is 1.79 bits per heavy atom. The van der Waals surface area contributed by atoms with Crippen LogP contribution in [-0.2, 0) is 6.42 Å². The number of nitrogens with zero attached hydrogens (tertiary/aromatic N) is 1. The summed E-state index contributed by atoms with van der Waals surface area (Å²) in [5.41, 5.74) is 5.81. The van der Waals surface area contributed by atoms with E-state index in [1.807, 2.05) is 12.3 Å². The second-order valence-corrected chi connectivity index (χ2v) is 7.78. The Balaban J connectivity index is 1.66. The molecule has 1 unspecified atom stereocenters. The number of amides is 2. The van der Waals surface area contributed by atoms with Gasteiger partial charge in [0.2, 0.25) is 0 Å². The summed E-state index contributed by atoms with van der Waals surface area (Å²) in [5, 5.41) is 8.69. The predicted octanol–water partition coefficient (Wildman–Crippen LogP) is 4.91. The zero-order valence-electron chi connectivity index (χ0n) is 15.6. The Labute approximate surface area is 167 Å². The molecule has 142 valence electrons. The van der Waals surface area contributed by atoms with Gasteiger partial charge >= 0.3 is 6.03 Å². The molecule has 2 N–H and O–H groups in total. The Hall–Kier alpha value is -2.99. The summed E-state index contributed by atoms with van der Waals surface area (Å²) < 4.78 is 13.2. The van der Waals surface area contributed by atoms with E-state index in [9.17, 15) is 9.18 Å². The van der Waals surface area contributed by atoms with Crippen LogP contribution in [0.25, 0.3) is 16.8 Å². The van der Waals surface area contributed by atoms with Crippen LogP contribution in [0.3, 0.4) is 0 Å². The smallest absolute Gasteiger partial charge is 0.319 e. The van der Waals surface area contributed by atoms with Crippen molar-refractivity contribution in [3.63, 3.8) is 0 Å². The average Bonchev–Trinajstić information content (AvgIpc) is 3.13. The van der Waals surface area contributed by atoms with Crippen LogP contribution < -0.4 is 10.6 Å². The monoisotopic (exact) mass is 393 g/mol. The highest BCUT2D eigenvalue weighted by molar-refractivity contribution is 7.11. The highest BCUT2D eigenvalue weighted by Gasteiger charge is 2.28. The van der Waals surface area contributed by atoms with E-state index in [0.717, 1.165) is 33.1 Å². The summed E-state index contributed by atoms with van der Waals surface area (Å²) in [6.45, 7) is 3.95. The van der Waals surface area contributed by atoms with Crippen molar-refractivity contribution in [2.75, 3.05) is 0 Å². The Morgan fingerprint density at radius 1 is 1.07 bits per heavy atom. The normalized spacial score (nSPS) is 16.7. The van der Waals surface area contributed by atoms with Gasteiger partial charge in [0.1, 0.15) is 10.8 Å². The summed E-state index contributed by atoms with van der Waals surface area (Å²) in [6, 6.07) is 14.3. The molecule has 0 fully saturated rings. The molecule has 0 bridgehead atoms. The SMILES string of the molecule is CC1=C(c2nc(-c3ccc(F)cc3)cs2)C(Cc2ccc(C)cc2)NC(=O)N1. The Morgan fingerprint density at radius 3 is 2.50 bits per heavy atom. The van der Waals surface area contributed by atoms with E-state index in [1.165, 1.54) is 29.0 Å². The standard InChI is InChI=1S/C22H20FN3OS/c1-13-3-5-15(6-4-13)11-18-20(14(2)24-22(27)26-18)21-25-19(12-28-21)16-7-9-17(23)10-8-16/h3-10,12,18H,11H2,1-2H3,(H2,24,26,27). The minimum atomic E-state index is -0.268. The molecule has 0 saturated heterocycles. The first-order valence-electron chi connectivity index (χ1n) is 9.05. The molecule has 3 aromatic rings. The summed E-state index contributed by atoms with van der Waals surface area (Å²) in [5.74, 6) is -0.268. The minimum absolute atomic E-state index is 0.163. The van der Waals surface area contributed by atoms with E-state index in [-0.39, 0.29) is 17.9 Å². The Kier molecular flexibility index (Phi) is 4.96. The third-order valence-corrected chi connectivity index (χ3v) is 5.67. The minimum Gasteiger partial charge on any atom is -0.331 e. The van der Waals surface area contributed by atoms with Crippen molar-refractivity contribution in [3.8, 4) is 11.3 Å². The highest BCUT2D eigenvalue weighted by Crippen LogP contribution is 2.32. The van der Waals surface area contributed by atoms with Gasteiger partial charge in [-0.15, -0.1) is 11.3 Å². The first-order valence-corrected chi connectivity index (χ1v) is 9.93. The molecule has 6 heteroatoms. The fourth-order valence-electron chi connectivity index (χ4n) is 3.34. The van der Waals surface area contributed by atoms with Gasteiger partial charge in [-0.3, -0.25) is 0 Å². The number of carbonyl (C=O) groups excluding carboxylic acids is 1. The summed E-state index contributed by atoms with van der Waals surface area (Å²) in [7, 11) is 0. The van der Waals surface area contributed by atoms with Crippen LogP contribution in [0.1, 0.15) is 23.1 Å². The van der Waals surface area contributed by atoms with Gasteiger partial charge in [-0.05, 0) is 50.1 Å². The molecule has 4 nitrogen and oxygen atoms in total. The number of hydrogen-bond acceptors (Lipinski definition) is 3. The molecule has 0 radical (unpaired) electrons. The van der Waals surface area contributed by atoms with Crippen molar-refractivity contribution in [1.82, 2.24) is 15.6 Å². The Bertz CT molecular complexity index is 1040. The second-order valence-electron chi connectivity index (χ2n) is 6.92. The fraction of sp³-hybridized carbons (Fsp3) is 0.182. The van der Waals surface area contributed by atoms with Crippen LogP contribution in [-0.4, -0.2) is 17.1 Å². The van der Waals surface area contributed by atoms with Crippen molar-refractivity contribution in [1.29, 1.82) is 0 Å². The van der Waals surface area contributed by atoms with Crippen molar-refractivity contribution in [3.05, 3.63) is 81.6 Å². The lowest BCUT2D eigenvalue weighted by atomic mass is 9.96. The van der Waals surface area contributed by atoms with Crippen molar-refractivity contribution >= 4 is 22.9 Å². The van der Waals surface area contributed by atoms with Crippen LogP contribution in [0.4, 0.5) is 9.18 Å². The molecule has 2 amide bonds. The molecular formula is C22H20FN3OS. The molecule has 1 aliphatic heterocycles. The fourth-order valence-corrected chi connectivity index (χ4v) is 4.32. The number of allylic oxidation sites excluding steroid dienone is 1. The summed E-state index contributed by atoms with van der Waals surface area (Å²) in [6.07, 6.45) is 0.686. The maximum Gasteiger partial charge on any atom is 0.319 e. The second kappa shape index (κ2) is 7.56. The van der Waals surface area contributed by atoms with E-state index < -0.39 is 0 Å². The number of hydrogen-bond donors (Lipinski definition) is 2. The maximum atomic E-state index is 13.2. The van der Waals surface area contributed by atoms with E-state index in [1.54, 1.807) is 12.1 Å². The van der Waals surface area contributed by atoms with Crippen LogP contribution >= 0.6 is 11.3 Å². The summed E-state index contributed by atoms with van der Waals surface area (Å²) in [4.78, 5) is 16.8. The zero-order valence-corrected chi connectivity index (χ0v) is 16.4. The van der Waals surface area contributed by atoms with E-state index in [0.29, 0.717) is 6.42 Å². The summed E-state index contributed by atoms with van der Waals surface area (Å²) >= 11 is 1.52. The molecule has 1 aliphatic rings. The molecule has 2 heterocycles. The number of rotatable bonds is 4. The largest absolute Gasteiger partial charge is 0.331 e. The number of halogens is 1. The lowest BCUT2D eigenvalue weighted by molar-refractivity contribution is 0.240. The molecule has 0 spiro atoms. The maximum absolute atomic E-state index is 13.2. The molecule has 2 aromatic carbocycles. The average molecular weight is 393 g/mol. The van der Waals surface area contributed by atoms with Gasteiger partial charge in [0.05, 0.1) is 11.7 Å². The van der Waals surface area contributed by atoms with E-state index in [2.05, 4.69) is 41.8 Å². The molecule has 0 saturated carbocycles. The predicted molar refractivity (Wildman–Crippen MR) is 110 cm³/mol. The van der Waals surface area contributed by atoms with E-state index >= 15 is 0 Å². The van der Waals surface area contributed by atoms with Crippen LogP contribution in [0.15, 0.2) is 59.6 Å². The molecular weight excluding hydrogens is 373 g/mol. The highest BCUT2D eigenvalue weighted by atomic mass is 32.1. The van der Waals surface area contributed by atoms with Crippen LogP contribution in [0.2, 0.25) is 0 Å². The zero-order chi connectivity index (χ0) is 19.7. The van der Waals surface area contributed by atoms with Crippen molar-refractivity contribution < 1.29 is 9.18 Å². The third kappa shape index (κ3) is 3.82.